The van der Waals surface area contributed by atoms with Gasteiger partial charge in [0, 0.05) is 34.5 Å². The Labute approximate surface area is 156 Å². The average Bonchev–Trinajstić information content (AvgIpc) is 3.19. The highest BCUT2D eigenvalue weighted by Gasteiger charge is 2.72. The first-order valence-corrected chi connectivity index (χ1v) is 9.02. The Morgan fingerprint density at radius 1 is 1.27 bits per heavy atom. The summed E-state index contributed by atoms with van der Waals surface area (Å²) >= 11 is 0. The van der Waals surface area contributed by atoms with Gasteiger partial charge in [-0.1, -0.05) is 18.2 Å². The van der Waals surface area contributed by atoms with E-state index in [1.807, 2.05) is 18.2 Å². The predicted molar refractivity (Wildman–Crippen MR) is 96.3 cm³/mol. The highest BCUT2D eigenvalue weighted by molar-refractivity contribution is 5.91. The maximum absolute atomic E-state index is 12.6. The molecular formula is C19H21ClN2O4. The number of rotatable bonds is 1. The molecule has 2 aromatic rings. The molecule has 1 aromatic heterocycles. The molecule has 6 bridgehead atoms. The van der Waals surface area contributed by atoms with Crippen LogP contribution in [0.1, 0.15) is 30.1 Å². The zero-order chi connectivity index (χ0) is 17.0. The van der Waals surface area contributed by atoms with Gasteiger partial charge in [0.2, 0.25) is 0 Å². The fourth-order valence-electron chi connectivity index (χ4n) is 6.21. The van der Waals surface area contributed by atoms with Crippen molar-refractivity contribution >= 4 is 29.3 Å². The largest absolute Gasteiger partial charge is 0.480 e. The molecule has 3 saturated heterocycles. The number of benzene rings is 1. The Kier molecular flexibility index (Phi) is 3.19. The van der Waals surface area contributed by atoms with Gasteiger partial charge in [-0.15, -0.1) is 12.4 Å². The van der Waals surface area contributed by atoms with E-state index in [9.17, 15) is 15.0 Å². The number of para-hydroxylation sites is 1. The van der Waals surface area contributed by atoms with E-state index in [0.29, 0.717) is 6.42 Å². The van der Waals surface area contributed by atoms with Gasteiger partial charge in [-0.2, -0.15) is 0 Å². The first kappa shape index (κ1) is 16.6. The van der Waals surface area contributed by atoms with Gasteiger partial charge in [0.25, 0.3) is 0 Å². The summed E-state index contributed by atoms with van der Waals surface area (Å²) in [6.45, 7) is 1.77. The number of aromatic nitrogens is 1. The minimum Gasteiger partial charge on any atom is -0.480 e. The Morgan fingerprint density at radius 3 is 2.85 bits per heavy atom. The van der Waals surface area contributed by atoms with Crippen LogP contribution in [-0.2, 0) is 14.9 Å². The van der Waals surface area contributed by atoms with E-state index in [0.717, 1.165) is 41.7 Å². The number of nitrogens with zero attached hydrogens (tertiary/aromatic N) is 1. The standard InChI is InChI=1S/C19H20N2O4.ClH/c22-17(23)18-9-25-19(24)11-5-7-21(8-6-13(18)19)15(11)14-10-3-1-2-4-12(10)20-16(14)18;/h1-4,11,13,15,20,24H,5-9H2,(H,22,23);1H/t11-,13-,15+,18-,19+;/m0./s1. The molecule has 0 spiro atoms. The summed E-state index contributed by atoms with van der Waals surface area (Å²) in [7, 11) is 0. The number of fused-ring (bicyclic) bond motifs is 4. The molecule has 6 atom stereocenters. The molecule has 1 aromatic carbocycles. The second-order valence-electron chi connectivity index (χ2n) is 7.99. The molecule has 0 saturated carbocycles. The number of H-pyrrole nitrogens is 1. The van der Waals surface area contributed by atoms with E-state index in [1.54, 1.807) is 0 Å². The molecule has 0 radical (unpaired) electrons. The van der Waals surface area contributed by atoms with Crippen LogP contribution < -0.4 is 0 Å². The van der Waals surface area contributed by atoms with Gasteiger partial charge in [0.05, 0.1) is 6.61 Å². The van der Waals surface area contributed by atoms with Crippen molar-refractivity contribution in [3.8, 4) is 0 Å². The molecule has 3 aliphatic heterocycles. The number of aromatic amines is 1. The van der Waals surface area contributed by atoms with Crippen LogP contribution >= 0.6 is 12.4 Å². The third kappa shape index (κ3) is 1.59. The van der Waals surface area contributed by atoms with E-state index in [-0.39, 0.29) is 31.0 Å². The molecule has 26 heavy (non-hydrogen) atoms. The number of halogens is 1. The fourth-order valence-corrected chi connectivity index (χ4v) is 6.21. The highest BCUT2D eigenvalue weighted by atomic mass is 35.5. The molecule has 4 aliphatic rings. The summed E-state index contributed by atoms with van der Waals surface area (Å²) < 4.78 is 5.93. The molecule has 138 valence electrons. The number of hydrogen-bond acceptors (Lipinski definition) is 4. The molecule has 4 heterocycles. The topological polar surface area (TPSA) is 85.8 Å². The Hall–Kier alpha value is -1.60. The molecule has 1 aliphatic carbocycles. The number of carboxylic acids is 1. The van der Waals surface area contributed by atoms with Crippen LogP contribution in [0.25, 0.3) is 10.9 Å². The van der Waals surface area contributed by atoms with Gasteiger partial charge in [0.15, 0.2) is 5.79 Å². The summed E-state index contributed by atoms with van der Waals surface area (Å²) in [4.78, 5) is 18.4. The normalized spacial score (nSPS) is 42.2. The van der Waals surface area contributed by atoms with Crippen LogP contribution in [0.2, 0.25) is 0 Å². The van der Waals surface area contributed by atoms with Crippen molar-refractivity contribution in [2.75, 3.05) is 19.7 Å². The number of carboxylic acid groups (broad SMARTS) is 1. The van der Waals surface area contributed by atoms with Crippen molar-refractivity contribution in [2.45, 2.75) is 30.1 Å². The van der Waals surface area contributed by atoms with E-state index < -0.39 is 23.1 Å². The van der Waals surface area contributed by atoms with Crippen molar-refractivity contribution in [2.24, 2.45) is 11.8 Å². The average molecular weight is 377 g/mol. The number of aliphatic hydroxyl groups is 1. The van der Waals surface area contributed by atoms with E-state index in [4.69, 9.17) is 4.74 Å². The van der Waals surface area contributed by atoms with Crippen molar-refractivity contribution in [3.05, 3.63) is 35.5 Å². The lowest BCUT2D eigenvalue weighted by atomic mass is 9.69. The summed E-state index contributed by atoms with van der Waals surface area (Å²) in [6, 6.07) is 8.05. The Bertz CT molecular complexity index is 929. The first-order valence-electron chi connectivity index (χ1n) is 9.02. The Morgan fingerprint density at radius 2 is 2.04 bits per heavy atom. The van der Waals surface area contributed by atoms with Gasteiger partial charge in [-0.05, 0) is 37.6 Å². The smallest absolute Gasteiger partial charge is 0.318 e. The van der Waals surface area contributed by atoms with Crippen LogP contribution in [0.3, 0.4) is 0 Å². The quantitative estimate of drug-likeness (QED) is 0.709. The minimum atomic E-state index is -1.35. The Balaban J connectivity index is 0.00000150. The molecule has 6 nitrogen and oxygen atoms in total. The number of nitrogens with one attached hydrogen (secondary N) is 1. The number of aliphatic carboxylic acids is 1. The van der Waals surface area contributed by atoms with E-state index >= 15 is 0 Å². The lowest BCUT2D eigenvalue weighted by Crippen LogP contribution is -2.50. The number of carbonyl (C=O) groups is 1. The summed E-state index contributed by atoms with van der Waals surface area (Å²) in [5, 5.41) is 22.9. The lowest BCUT2D eigenvalue weighted by molar-refractivity contribution is -0.231. The summed E-state index contributed by atoms with van der Waals surface area (Å²) in [6.07, 6.45) is 1.48. The van der Waals surface area contributed by atoms with Crippen LogP contribution in [-0.4, -0.2) is 51.5 Å². The third-order valence-electron chi connectivity index (χ3n) is 7.23. The van der Waals surface area contributed by atoms with Gasteiger partial charge in [-0.25, -0.2) is 0 Å². The van der Waals surface area contributed by atoms with E-state index in [1.165, 1.54) is 0 Å². The molecule has 0 amide bonds. The van der Waals surface area contributed by atoms with Crippen LogP contribution in [0.5, 0.6) is 0 Å². The van der Waals surface area contributed by atoms with Gasteiger partial charge >= 0.3 is 5.97 Å². The van der Waals surface area contributed by atoms with Crippen molar-refractivity contribution in [1.82, 2.24) is 9.88 Å². The maximum atomic E-state index is 12.6. The first-order chi connectivity index (χ1) is 12.1. The van der Waals surface area contributed by atoms with E-state index in [2.05, 4.69) is 16.0 Å². The highest BCUT2D eigenvalue weighted by Crippen LogP contribution is 2.63. The number of hydrogen-bond donors (Lipinski definition) is 3. The van der Waals surface area contributed by atoms with Gasteiger partial charge in [-0.3, -0.25) is 9.69 Å². The zero-order valence-electron chi connectivity index (χ0n) is 14.1. The molecule has 3 fully saturated rings. The maximum Gasteiger partial charge on any atom is 0.318 e. The molecular weight excluding hydrogens is 356 g/mol. The summed E-state index contributed by atoms with van der Waals surface area (Å²) in [5.74, 6) is -2.75. The monoisotopic (exact) mass is 376 g/mol. The molecule has 7 heteroatoms. The van der Waals surface area contributed by atoms with Crippen molar-refractivity contribution < 1.29 is 19.7 Å². The second-order valence-corrected chi connectivity index (χ2v) is 7.99. The third-order valence-corrected chi connectivity index (χ3v) is 7.23. The zero-order valence-corrected chi connectivity index (χ0v) is 15.0. The van der Waals surface area contributed by atoms with Crippen molar-refractivity contribution in [3.63, 3.8) is 0 Å². The van der Waals surface area contributed by atoms with Gasteiger partial charge in [0.1, 0.15) is 5.41 Å². The van der Waals surface area contributed by atoms with Crippen molar-refractivity contribution in [1.29, 1.82) is 0 Å². The lowest BCUT2D eigenvalue weighted by Gasteiger charge is -2.36. The fraction of sp³-hybridized carbons (Fsp3) is 0.526. The van der Waals surface area contributed by atoms with Gasteiger partial charge < -0.3 is 19.9 Å². The minimum absolute atomic E-state index is 0. The van der Waals surface area contributed by atoms with Crippen LogP contribution in [0.15, 0.2) is 24.3 Å². The summed E-state index contributed by atoms with van der Waals surface area (Å²) in [5.41, 5.74) is 1.60. The van der Waals surface area contributed by atoms with Crippen LogP contribution in [0.4, 0.5) is 0 Å². The molecule has 3 N–H and O–H groups in total. The second kappa shape index (κ2) is 5.01. The predicted octanol–water partition coefficient (Wildman–Crippen LogP) is 2.03. The number of ether oxygens (including phenoxy) is 1. The molecule has 6 rings (SSSR count). The van der Waals surface area contributed by atoms with Crippen LogP contribution in [0, 0.1) is 11.8 Å². The SMILES string of the molecule is Cl.O=C(O)[C@@]12CO[C@@]3(O)[C@H]1CCN1CC[C@H]3[C@@H]1c1c2[nH]c2ccccc12. The molecule has 1 unspecified atom stereocenters.